The molecule has 1 rings (SSSR count). The van der Waals surface area contributed by atoms with Crippen LogP contribution in [0.2, 0.25) is 0 Å². The van der Waals surface area contributed by atoms with Gasteiger partial charge in [0.15, 0.2) is 0 Å². The monoisotopic (exact) mass is 214 g/mol. The van der Waals surface area contributed by atoms with Crippen LogP contribution in [0.4, 0.5) is 4.79 Å². The van der Waals surface area contributed by atoms with Crippen molar-refractivity contribution in [3.05, 3.63) is 0 Å². The second kappa shape index (κ2) is 5.58. The van der Waals surface area contributed by atoms with Crippen molar-refractivity contribution in [1.29, 1.82) is 0 Å². The Morgan fingerprint density at radius 3 is 2.67 bits per heavy atom. The Kier molecular flexibility index (Phi) is 4.39. The van der Waals surface area contributed by atoms with Gasteiger partial charge in [0.25, 0.3) is 0 Å². The zero-order valence-electron chi connectivity index (χ0n) is 8.95. The number of hydrogen-bond acceptors (Lipinski definition) is 2. The second-order valence-electron chi connectivity index (χ2n) is 4.16. The van der Waals surface area contributed by atoms with Crippen molar-refractivity contribution in [3.63, 3.8) is 0 Å². The van der Waals surface area contributed by atoms with Gasteiger partial charge in [-0.25, -0.2) is 4.79 Å². The van der Waals surface area contributed by atoms with Crippen molar-refractivity contribution >= 4 is 12.0 Å². The van der Waals surface area contributed by atoms with Crippen molar-refractivity contribution in [3.8, 4) is 0 Å². The van der Waals surface area contributed by atoms with Gasteiger partial charge >= 0.3 is 12.0 Å². The summed E-state index contributed by atoms with van der Waals surface area (Å²) in [5.41, 5.74) is 0. The van der Waals surface area contributed by atoms with Crippen LogP contribution >= 0.6 is 0 Å². The molecule has 15 heavy (non-hydrogen) atoms. The highest BCUT2D eigenvalue weighted by atomic mass is 16.4. The maximum Gasteiger partial charge on any atom is 0.315 e. The summed E-state index contributed by atoms with van der Waals surface area (Å²) in [5, 5.41) is 13.7. The number of urea groups is 1. The predicted molar refractivity (Wildman–Crippen MR) is 55.6 cm³/mol. The molecule has 0 bridgehead atoms. The molecule has 3 N–H and O–H groups in total. The lowest BCUT2D eigenvalue weighted by atomic mass is 10.1. The van der Waals surface area contributed by atoms with E-state index >= 15 is 0 Å². The molecule has 0 heterocycles. The summed E-state index contributed by atoms with van der Waals surface area (Å²) in [6.07, 6.45) is 3.16. The number of amides is 2. The number of carbonyl (C=O) groups is 2. The normalized spacial score (nSPS) is 24.9. The van der Waals surface area contributed by atoms with Crippen LogP contribution in [0.1, 0.15) is 32.6 Å². The Bertz CT molecular complexity index is 243. The van der Waals surface area contributed by atoms with Gasteiger partial charge in [0.05, 0.1) is 6.42 Å². The Morgan fingerprint density at radius 1 is 1.40 bits per heavy atom. The molecule has 5 nitrogen and oxygen atoms in total. The molecule has 0 aliphatic heterocycles. The first-order chi connectivity index (χ1) is 7.08. The fourth-order valence-corrected chi connectivity index (χ4v) is 1.86. The SMILES string of the molecule is CC1CCC(NC(=O)NCCC(=O)O)C1. The van der Waals surface area contributed by atoms with E-state index in [0.717, 1.165) is 19.3 Å². The maximum atomic E-state index is 11.3. The van der Waals surface area contributed by atoms with Gasteiger partial charge in [-0.1, -0.05) is 6.92 Å². The van der Waals surface area contributed by atoms with Crippen LogP contribution in [0, 0.1) is 5.92 Å². The molecule has 5 heteroatoms. The lowest BCUT2D eigenvalue weighted by Gasteiger charge is -2.12. The average Bonchev–Trinajstić information content (AvgIpc) is 2.50. The topological polar surface area (TPSA) is 78.4 Å². The van der Waals surface area contributed by atoms with Crippen LogP contribution in [-0.4, -0.2) is 29.7 Å². The van der Waals surface area contributed by atoms with E-state index in [4.69, 9.17) is 5.11 Å². The first-order valence-corrected chi connectivity index (χ1v) is 5.34. The summed E-state index contributed by atoms with van der Waals surface area (Å²) in [6, 6.07) is 0.000165. The second-order valence-corrected chi connectivity index (χ2v) is 4.16. The van der Waals surface area contributed by atoms with Crippen LogP contribution in [0.15, 0.2) is 0 Å². The Labute approximate surface area is 89.2 Å². The third-order valence-electron chi connectivity index (χ3n) is 2.65. The summed E-state index contributed by atoms with van der Waals surface area (Å²) >= 11 is 0. The number of rotatable bonds is 4. The predicted octanol–water partition coefficient (Wildman–Crippen LogP) is 0.949. The van der Waals surface area contributed by atoms with E-state index in [0.29, 0.717) is 5.92 Å². The third kappa shape index (κ3) is 4.67. The fourth-order valence-electron chi connectivity index (χ4n) is 1.86. The average molecular weight is 214 g/mol. The van der Waals surface area contributed by atoms with Gasteiger partial charge in [0.1, 0.15) is 0 Å². The van der Waals surface area contributed by atoms with Gasteiger partial charge in [-0.3, -0.25) is 4.79 Å². The lowest BCUT2D eigenvalue weighted by Crippen LogP contribution is -2.41. The van der Waals surface area contributed by atoms with Crippen molar-refractivity contribution in [2.75, 3.05) is 6.54 Å². The van der Waals surface area contributed by atoms with E-state index in [2.05, 4.69) is 17.6 Å². The van der Waals surface area contributed by atoms with Crippen LogP contribution < -0.4 is 10.6 Å². The van der Waals surface area contributed by atoms with E-state index in [1.807, 2.05) is 0 Å². The molecule has 1 fully saturated rings. The van der Waals surface area contributed by atoms with Crippen LogP contribution in [-0.2, 0) is 4.79 Å². The summed E-state index contributed by atoms with van der Waals surface area (Å²) in [5.74, 6) is -0.223. The van der Waals surface area contributed by atoms with Crippen molar-refractivity contribution in [2.45, 2.75) is 38.6 Å². The van der Waals surface area contributed by atoms with Crippen LogP contribution in [0.3, 0.4) is 0 Å². The minimum atomic E-state index is -0.898. The minimum absolute atomic E-state index is 0.0332. The molecule has 1 aliphatic carbocycles. The highest BCUT2D eigenvalue weighted by molar-refractivity contribution is 5.75. The molecule has 0 aromatic carbocycles. The highest BCUT2D eigenvalue weighted by Gasteiger charge is 2.22. The highest BCUT2D eigenvalue weighted by Crippen LogP contribution is 2.24. The first-order valence-electron chi connectivity index (χ1n) is 5.34. The van der Waals surface area contributed by atoms with Gasteiger partial charge in [-0.2, -0.15) is 0 Å². The number of carboxylic acid groups (broad SMARTS) is 1. The summed E-state index contributed by atoms with van der Waals surface area (Å²) < 4.78 is 0. The zero-order valence-corrected chi connectivity index (χ0v) is 8.95. The lowest BCUT2D eigenvalue weighted by molar-refractivity contribution is -0.136. The number of aliphatic carboxylic acids is 1. The minimum Gasteiger partial charge on any atom is -0.481 e. The Balaban J connectivity index is 2.10. The Hall–Kier alpha value is -1.26. The molecular weight excluding hydrogens is 196 g/mol. The molecule has 0 spiro atoms. The fraction of sp³-hybridized carbons (Fsp3) is 0.800. The molecule has 2 atom stereocenters. The van der Waals surface area contributed by atoms with E-state index < -0.39 is 5.97 Å². The van der Waals surface area contributed by atoms with E-state index in [1.165, 1.54) is 0 Å². The van der Waals surface area contributed by atoms with Gasteiger partial charge in [-0.05, 0) is 25.2 Å². The van der Waals surface area contributed by atoms with E-state index in [1.54, 1.807) is 0 Å². The van der Waals surface area contributed by atoms with Crippen molar-refractivity contribution < 1.29 is 14.7 Å². The molecule has 1 saturated carbocycles. The van der Waals surface area contributed by atoms with Gasteiger partial charge in [0, 0.05) is 12.6 Å². The smallest absolute Gasteiger partial charge is 0.315 e. The molecule has 1 aliphatic rings. The molecular formula is C10H18N2O3. The molecule has 0 saturated heterocycles. The van der Waals surface area contributed by atoms with Gasteiger partial charge < -0.3 is 15.7 Å². The first kappa shape index (κ1) is 11.8. The summed E-state index contributed by atoms with van der Waals surface area (Å²) in [7, 11) is 0. The molecule has 86 valence electrons. The van der Waals surface area contributed by atoms with Crippen LogP contribution in [0.5, 0.6) is 0 Å². The third-order valence-corrected chi connectivity index (χ3v) is 2.65. The largest absolute Gasteiger partial charge is 0.481 e. The number of nitrogens with one attached hydrogen (secondary N) is 2. The van der Waals surface area contributed by atoms with Crippen LogP contribution in [0.25, 0.3) is 0 Å². The molecule has 2 unspecified atom stereocenters. The maximum absolute atomic E-state index is 11.3. The standard InChI is InChI=1S/C10H18N2O3/c1-7-2-3-8(6-7)12-10(15)11-5-4-9(13)14/h7-8H,2-6H2,1H3,(H,13,14)(H2,11,12,15). The van der Waals surface area contributed by atoms with Gasteiger partial charge in [-0.15, -0.1) is 0 Å². The number of carboxylic acids is 1. The molecule has 0 aromatic rings. The summed E-state index contributed by atoms with van der Waals surface area (Å²) in [4.78, 5) is 21.5. The van der Waals surface area contributed by atoms with E-state index in [-0.39, 0.29) is 25.0 Å². The zero-order chi connectivity index (χ0) is 11.3. The van der Waals surface area contributed by atoms with Crippen molar-refractivity contribution in [2.24, 2.45) is 5.92 Å². The van der Waals surface area contributed by atoms with Crippen molar-refractivity contribution in [1.82, 2.24) is 10.6 Å². The molecule has 2 amide bonds. The number of carbonyl (C=O) groups excluding carboxylic acids is 1. The van der Waals surface area contributed by atoms with Gasteiger partial charge in [0.2, 0.25) is 0 Å². The van der Waals surface area contributed by atoms with E-state index in [9.17, 15) is 9.59 Å². The quantitative estimate of drug-likeness (QED) is 0.652. The molecule has 0 aromatic heterocycles. The molecule has 0 radical (unpaired) electrons. The number of hydrogen-bond donors (Lipinski definition) is 3. The Morgan fingerprint density at radius 2 is 2.13 bits per heavy atom. The summed E-state index contributed by atoms with van der Waals surface area (Å²) in [6.45, 7) is 2.35.